The largest absolute Gasteiger partial charge is 0.508 e. The van der Waals surface area contributed by atoms with Gasteiger partial charge in [-0.15, -0.1) is 0 Å². The van der Waals surface area contributed by atoms with Crippen LogP contribution in [-0.2, 0) is 0 Å². The fourth-order valence-corrected chi connectivity index (χ4v) is 2.64. The molecule has 0 amide bonds. The maximum Gasteiger partial charge on any atom is 0.323 e. The number of fused-ring (bicyclic) bond motifs is 2. The number of hydrogen-bond donors (Lipinski definition) is 5. The summed E-state index contributed by atoms with van der Waals surface area (Å²) in [4.78, 5) is 28.8. The van der Waals surface area contributed by atoms with Crippen molar-refractivity contribution in [2.45, 2.75) is 0 Å². The van der Waals surface area contributed by atoms with Crippen molar-refractivity contribution < 1.29 is 19.7 Å². The van der Waals surface area contributed by atoms with E-state index in [-0.39, 0.29) is 28.2 Å². The molecule has 8 heteroatoms. The number of phenolic OH excluding ortho intramolecular Hbond substituents is 2. The zero-order valence-corrected chi connectivity index (χ0v) is 12.0. The summed E-state index contributed by atoms with van der Waals surface area (Å²) in [5, 5.41) is 29.3. The molecule has 0 aliphatic rings. The highest BCUT2D eigenvalue weighted by Crippen LogP contribution is 2.35. The van der Waals surface area contributed by atoms with Crippen LogP contribution in [0.1, 0.15) is 0 Å². The van der Waals surface area contributed by atoms with Crippen LogP contribution in [0, 0.1) is 0 Å². The number of aromatic amines is 2. The van der Waals surface area contributed by atoms with Crippen molar-refractivity contribution >= 4 is 22.0 Å². The maximum absolute atomic E-state index is 12.3. The lowest BCUT2D eigenvalue weighted by molar-refractivity contribution is 0.438. The Labute approximate surface area is 132 Å². The summed E-state index contributed by atoms with van der Waals surface area (Å²) in [6, 6.07) is 6.81. The molecule has 4 rings (SSSR count). The van der Waals surface area contributed by atoms with Gasteiger partial charge in [-0.1, -0.05) is 0 Å². The topological polar surface area (TPSA) is 140 Å². The van der Waals surface area contributed by atoms with Crippen LogP contribution in [0.3, 0.4) is 0 Å². The molecular formula is C16H10N2O6. The fraction of sp³-hybridized carbons (Fsp3) is 0. The lowest BCUT2D eigenvalue weighted by atomic mass is 10.1. The van der Waals surface area contributed by atoms with Gasteiger partial charge < -0.3 is 29.7 Å². The van der Waals surface area contributed by atoms with Crippen molar-refractivity contribution in [3.05, 3.63) is 51.0 Å². The first-order valence-corrected chi connectivity index (χ1v) is 6.88. The number of imidazole rings is 1. The fourth-order valence-electron chi connectivity index (χ4n) is 2.64. The summed E-state index contributed by atoms with van der Waals surface area (Å²) in [6.45, 7) is 0. The summed E-state index contributed by atoms with van der Waals surface area (Å²) in [5.41, 5.74) is 0.0812. The molecule has 2 aromatic heterocycles. The van der Waals surface area contributed by atoms with Crippen LogP contribution in [0.2, 0.25) is 0 Å². The average molecular weight is 326 g/mol. The van der Waals surface area contributed by atoms with Crippen molar-refractivity contribution in [3.63, 3.8) is 0 Å². The molecule has 0 unspecified atom stereocenters. The van der Waals surface area contributed by atoms with Crippen LogP contribution in [-0.4, -0.2) is 25.3 Å². The van der Waals surface area contributed by atoms with Gasteiger partial charge in [0.2, 0.25) is 11.2 Å². The van der Waals surface area contributed by atoms with Crippen molar-refractivity contribution in [2.24, 2.45) is 0 Å². The smallest absolute Gasteiger partial charge is 0.323 e. The second-order valence-corrected chi connectivity index (χ2v) is 5.29. The minimum atomic E-state index is -0.827. The highest BCUT2D eigenvalue weighted by molar-refractivity contribution is 5.89. The quantitative estimate of drug-likeness (QED) is 0.361. The summed E-state index contributed by atoms with van der Waals surface area (Å²) in [5.74, 6) is -1.60. The van der Waals surface area contributed by atoms with E-state index >= 15 is 0 Å². The lowest BCUT2D eigenvalue weighted by Crippen LogP contribution is -2.03. The first-order chi connectivity index (χ1) is 11.4. The highest BCUT2D eigenvalue weighted by atomic mass is 16.4. The molecule has 2 aromatic carbocycles. The van der Waals surface area contributed by atoms with E-state index in [1.165, 1.54) is 6.07 Å². The molecule has 120 valence electrons. The summed E-state index contributed by atoms with van der Waals surface area (Å²) in [6.07, 6.45) is 0. The average Bonchev–Trinajstić information content (AvgIpc) is 2.89. The van der Waals surface area contributed by atoms with E-state index in [9.17, 15) is 24.9 Å². The van der Waals surface area contributed by atoms with Crippen molar-refractivity contribution in [3.8, 4) is 28.6 Å². The van der Waals surface area contributed by atoms with Gasteiger partial charge in [-0.05, 0) is 18.2 Å². The van der Waals surface area contributed by atoms with Gasteiger partial charge in [0.25, 0.3) is 0 Å². The Morgan fingerprint density at radius 3 is 2.46 bits per heavy atom. The van der Waals surface area contributed by atoms with Crippen LogP contribution >= 0.6 is 0 Å². The number of benzene rings is 2. The van der Waals surface area contributed by atoms with Crippen LogP contribution in [0.15, 0.2) is 44.3 Å². The van der Waals surface area contributed by atoms with E-state index in [2.05, 4.69) is 9.97 Å². The van der Waals surface area contributed by atoms with E-state index in [4.69, 9.17) is 4.42 Å². The molecule has 0 radical (unpaired) electrons. The number of nitrogens with one attached hydrogen (secondary N) is 2. The molecule has 0 saturated carbocycles. The molecule has 0 bridgehead atoms. The Hall–Kier alpha value is -3.68. The van der Waals surface area contributed by atoms with E-state index in [1.807, 2.05) is 0 Å². The number of aromatic nitrogens is 2. The molecule has 0 aliphatic heterocycles. The molecule has 0 aliphatic carbocycles. The van der Waals surface area contributed by atoms with Gasteiger partial charge in [0, 0.05) is 17.7 Å². The van der Waals surface area contributed by atoms with E-state index in [1.54, 1.807) is 12.1 Å². The molecule has 2 heterocycles. The van der Waals surface area contributed by atoms with Gasteiger partial charge in [0.15, 0.2) is 5.76 Å². The van der Waals surface area contributed by atoms with Gasteiger partial charge in [-0.3, -0.25) is 4.79 Å². The Bertz CT molecular complexity index is 1230. The molecule has 4 aromatic rings. The minimum Gasteiger partial charge on any atom is -0.508 e. The van der Waals surface area contributed by atoms with Gasteiger partial charge in [-0.2, -0.15) is 0 Å². The molecular weight excluding hydrogens is 316 g/mol. The third kappa shape index (κ3) is 1.93. The lowest BCUT2D eigenvalue weighted by Gasteiger charge is -2.07. The van der Waals surface area contributed by atoms with E-state index in [0.717, 1.165) is 12.1 Å². The summed E-state index contributed by atoms with van der Waals surface area (Å²) in [7, 11) is 0. The second-order valence-electron chi connectivity index (χ2n) is 5.29. The normalized spacial score (nSPS) is 11.3. The first kappa shape index (κ1) is 13.9. The molecule has 0 fully saturated rings. The number of aromatic hydroxyl groups is 3. The monoisotopic (exact) mass is 326 g/mol. The Kier molecular flexibility index (Phi) is 2.71. The van der Waals surface area contributed by atoms with Crippen molar-refractivity contribution in [1.82, 2.24) is 9.97 Å². The number of phenols is 2. The Morgan fingerprint density at radius 1 is 0.917 bits per heavy atom. The van der Waals surface area contributed by atoms with Crippen LogP contribution in [0.5, 0.6) is 17.2 Å². The number of rotatable bonds is 1. The van der Waals surface area contributed by atoms with Crippen LogP contribution < -0.4 is 11.1 Å². The molecule has 0 saturated heterocycles. The molecule has 24 heavy (non-hydrogen) atoms. The molecule has 0 spiro atoms. The number of hydrogen-bond acceptors (Lipinski definition) is 6. The summed E-state index contributed by atoms with van der Waals surface area (Å²) >= 11 is 0. The summed E-state index contributed by atoms with van der Waals surface area (Å²) < 4.78 is 5.50. The van der Waals surface area contributed by atoms with Gasteiger partial charge in [-0.25, -0.2) is 4.79 Å². The SMILES string of the molecule is O=c1[nH]c2ccc(-c3oc4cc(O)cc(O)c4c(=O)c3O)cc2[nH]1. The predicted octanol–water partition coefficient (Wildman–Crippen LogP) is 1.75. The van der Waals surface area contributed by atoms with Crippen molar-refractivity contribution in [2.75, 3.05) is 0 Å². The van der Waals surface area contributed by atoms with Gasteiger partial charge in [0.1, 0.15) is 22.5 Å². The third-order valence-electron chi connectivity index (χ3n) is 3.71. The van der Waals surface area contributed by atoms with Crippen LogP contribution in [0.4, 0.5) is 0 Å². The predicted molar refractivity (Wildman–Crippen MR) is 85.4 cm³/mol. The molecule has 5 N–H and O–H groups in total. The Balaban J connectivity index is 2.06. The zero-order chi connectivity index (χ0) is 17.0. The maximum atomic E-state index is 12.3. The van der Waals surface area contributed by atoms with Gasteiger partial charge in [0.05, 0.1) is 11.0 Å². The third-order valence-corrected chi connectivity index (χ3v) is 3.71. The second kappa shape index (κ2) is 4.66. The first-order valence-electron chi connectivity index (χ1n) is 6.88. The highest BCUT2D eigenvalue weighted by Gasteiger charge is 2.19. The Morgan fingerprint density at radius 2 is 1.67 bits per heavy atom. The van der Waals surface area contributed by atoms with Crippen LogP contribution in [0.25, 0.3) is 33.3 Å². The molecule has 8 nitrogen and oxygen atoms in total. The standard InChI is InChI=1S/C16H10N2O6/c19-7-4-10(20)12-11(5-7)24-15(14(22)13(12)21)6-1-2-8-9(3-6)18-16(23)17-8/h1-5,19-20,22H,(H2,17,18,23). The zero-order valence-electron chi connectivity index (χ0n) is 12.0. The van der Waals surface area contributed by atoms with Gasteiger partial charge >= 0.3 is 5.69 Å². The van der Waals surface area contributed by atoms with E-state index in [0.29, 0.717) is 16.6 Å². The van der Waals surface area contributed by atoms with Crippen molar-refractivity contribution in [1.29, 1.82) is 0 Å². The molecule has 0 atom stereocenters. The number of H-pyrrole nitrogens is 2. The minimum absolute atomic E-state index is 0.0760. The van der Waals surface area contributed by atoms with E-state index < -0.39 is 16.9 Å².